The topological polar surface area (TPSA) is 85.5 Å². The SMILES string of the molecule is CN(c1ccc2c(c1)OCCO2)c1nc(Nc2cccc(-c3ncco3)c2)ncc1F. The van der Waals surface area contributed by atoms with Gasteiger partial charge in [0, 0.05) is 30.1 Å². The van der Waals surface area contributed by atoms with Crippen LogP contribution in [0.5, 0.6) is 11.5 Å². The first kappa shape index (κ1) is 18.9. The summed E-state index contributed by atoms with van der Waals surface area (Å²) in [5.74, 6) is 1.62. The van der Waals surface area contributed by atoms with Gasteiger partial charge in [-0.15, -0.1) is 0 Å². The molecule has 4 aromatic rings. The lowest BCUT2D eigenvalue weighted by Crippen LogP contribution is -2.17. The fraction of sp³-hybridized carbons (Fsp3) is 0.136. The van der Waals surface area contributed by atoms with Crippen LogP contribution in [0.1, 0.15) is 0 Å². The highest BCUT2D eigenvalue weighted by atomic mass is 19.1. The monoisotopic (exact) mass is 419 g/mol. The summed E-state index contributed by atoms with van der Waals surface area (Å²) < 4.78 is 31.1. The maximum atomic E-state index is 14.6. The average molecular weight is 419 g/mol. The average Bonchev–Trinajstić information content (AvgIpc) is 3.35. The van der Waals surface area contributed by atoms with Gasteiger partial charge in [0.1, 0.15) is 19.5 Å². The summed E-state index contributed by atoms with van der Waals surface area (Å²) in [4.78, 5) is 14.2. The molecule has 0 fully saturated rings. The maximum absolute atomic E-state index is 14.6. The van der Waals surface area contributed by atoms with Crippen LogP contribution in [-0.2, 0) is 0 Å². The minimum Gasteiger partial charge on any atom is -0.486 e. The van der Waals surface area contributed by atoms with Crippen molar-refractivity contribution >= 4 is 23.1 Å². The van der Waals surface area contributed by atoms with E-state index >= 15 is 0 Å². The van der Waals surface area contributed by atoms with E-state index in [-0.39, 0.29) is 11.8 Å². The van der Waals surface area contributed by atoms with Crippen molar-refractivity contribution in [2.24, 2.45) is 0 Å². The molecule has 0 radical (unpaired) electrons. The van der Waals surface area contributed by atoms with Crippen molar-refractivity contribution in [2.45, 2.75) is 0 Å². The third-order valence-electron chi connectivity index (χ3n) is 4.75. The van der Waals surface area contributed by atoms with Crippen molar-refractivity contribution in [3.8, 4) is 23.0 Å². The molecular weight excluding hydrogens is 401 g/mol. The van der Waals surface area contributed by atoms with Crippen LogP contribution in [-0.4, -0.2) is 35.2 Å². The van der Waals surface area contributed by atoms with E-state index in [0.717, 1.165) is 17.4 Å². The smallest absolute Gasteiger partial charge is 0.229 e. The van der Waals surface area contributed by atoms with E-state index in [2.05, 4.69) is 20.3 Å². The van der Waals surface area contributed by atoms with Gasteiger partial charge in [0.25, 0.3) is 0 Å². The zero-order chi connectivity index (χ0) is 21.2. The molecule has 0 saturated heterocycles. The lowest BCUT2D eigenvalue weighted by atomic mass is 10.2. The molecule has 0 aliphatic carbocycles. The third kappa shape index (κ3) is 3.85. The minimum absolute atomic E-state index is 0.123. The fourth-order valence-corrected chi connectivity index (χ4v) is 3.24. The van der Waals surface area contributed by atoms with Gasteiger partial charge >= 0.3 is 0 Å². The molecule has 5 rings (SSSR count). The molecule has 0 spiro atoms. The molecule has 2 aromatic heterocycles. The highest BCUT2D eigenvalue weighted by molar-refractivity contribution is 5.67. The molecular formula is C22H18FN5O3. The maximum Gasteiger partial charge on any atom is 0.229 e. The van der Waals surface area contributed by atoms with Crippen LogP contribution in [0.2, 0.25) is 0 Å². The lowest BCUT2D eigenvalue weighted by Gasteiger charge is -2.23. The highest BCUT2D eigenvalue weighted by Gasteiger charge is 2.18. The molecule has 31 heavy (non-hydrogen) atoms. The Morgan fingerprint density at radius 2 is 1.90 bits per heavy atom. The molecule has 1 aliphatic rings. The van der Waals surface area contributed by atoms with Gasteiger partial charge < -0.3 is 24.1 Å². The Morgan fingerprint density at radius 1 is 1.03 bits per heavy atom. The van der Waals surface area contributed by atoms with Crippen LogP contribution in [0.25, 0.3) is 11.5 Å². The van der Waals surface area contributed by atoms with Crippen LogP contribution < -0.4 is 19.7 Å². The second-order valence-electron chi connectivity index (χ2n) is 6.80. The Kier molecular flexibility index (Phi) is 4.83. The number of oxazole rings is 1. The predicted molar refractivity (Wildman–Crippen MR) is 113 cm³/mol. The lowest BCUT2D eigenvalue weighted by molar-refractivity contribution is 0.171. The zero-order valence-corrected chi connectivity index (χ0v) is 16.6. The Balaban J connectivity index is 1.41. The number of fused-ring (bicyclic) bond motifs is 1. The van der Waals surface area contributed by atoms with Gasteiger partial charge in [0.15, 0.2) is 23.1 Å². The molecule has 1 N–H and O–H groups in total. The van der Waals surface area contributed by atoms with Gasteiger partial charge in [-0.05, 0) is 30.3 Å². The number of rotatable bonds is 5. The number of hydrogen-bond donors (Lipinski definition) is 1. The number of benzene rings is 2. The van der Waals surface area contributed by atoms with Crippen LogP contribution >= 0.6 is 0 Å². The largest absolute Gasteiger partial charge is 0.486 e. The second-order valence-corrected chi connectivity index (χ2v) is 6.80. The Morgan fingerprint density at radius 3 is 2.74 bits per heavy atom. The molecule has 0 saturated carbocycles. The normalized spacial score (nSPS) is 12.5. The number of hydrogen-bond acceptors (Lipinski definition) is 8. The van der Waals surface area contributed by atoms with Crippen molar-refractivity contribution in [3.05, 3.63) is 66.9 Å². The van der Waals surface area contributed by atoms with Crippen LogP contribution in [0.15, 0.2) is 65.5 Å². The van der Waals surface area contributed by atoms with Crippen molar-refractivity contribution in [1.29, 1.82) is 0 Å². The standard InChI is InChI=1S/C22H18FN5O3/c1-28(16-5-6-18-19(12-16)30-10-9-29-18)20-17(23)13-25-22(27-20)26-15-4-2-3-14(11-15)21-24-7-8-31-21/h2-8,11-13H,9-10H2,1H3,(H,25,26,27). The summed E-state index contributed by atoms with van der Waals surface area (Å²) in [5.41, 5.74) is 2.22. The molecule has 0 atom stereocenters. The van der Waals surface area contributed by atoms with Gasteiger partial charge in [0.05, 0.1) is 12.4 Å². The van der Waals surface area contributed by atoms with E-state index in [0.29, 0.717) is 36.3 Å². The third-order valence-corrected chi connectivity index (χ3v) is 4.75. The zero-order valence-electron chi connectivity index (χ0n) is 16.6. The first-order valence-corrected chi connectivity index (χ1v) is 9.60. The van der Waals surface area contributed by atoms with Gasteiger partial charge in [0.2, 0.25) is 11.8 Å². The van der Waals surface area contributed by atoms with E-state index in [4.69, 9.17) is 13.9 Å². The second kappa shape index (κ2) is 7.94. The summed E-state index contributed by atoms with van der Waals surface area (Å²) >= 11 is 0. The Hall–Kier alpha value is -4.14. The van der Waals surface area contributed by atoms with Crippen molar-refractivity contribution < 1.29 is 18.3 Å². The predicted octanol–water partition coefficient (Wildman–Crippen LogP) is 4.55. The summed E-state index contributed by atoms with van der Waals surface area (Å²) in [7, 11) is 1.73. The molecule has 3 heterocycles. The Labute approximate surface area is 177 Å². The molecule has 1 aliphatic heterocycles. The van der Waals surface area contributed by atoms with Crippen LogP contribution in [0, 0.1) is 5.82 Å². The molecule has 9 heteroatoms. The summed E-state index contributed by atoms with van der Waals surface area (Å²) in [6, 6.07) is 12.8. The van der Waals surface area contributed by atoms with Crippen molar-refractivity contribution in [1.82, 2.24) is 15.0 Å². The fourth-order valence-electron chi connectivity index (χ4n) is 3.24. The molecule has 156 valence electrons. The molecule has 8 nitrogen and oxygen atoms in total. The number of nitrogens with zero attached hydrogens (tertiary/aromatic N) is 4. The molecule has 0 bridgehead atoms. The van der Waals surface area contributed by atoms with Crippen LogP contribution in [0.4, 0.5) is 27.5 Å². The minimum atomic E-state index is -0.545. The summed E-state index contributed by atoms with van der Waals surface area (Å²) in [6.45, 7) is 0.984. The number of nitrogens with one attached hydrogen (secondary N) is 1. The number of ether oxygens (including phenoxy) is 2. The number of aromatic nitrogens is 3. The first-order valence-electron chi connectivity index (χ1n) is 9.60. The van der Waals surface area contributed by atoms with Crippen molar-refractivity contribution in [2.75, 3.05) is 30.5 Å². The van der Waals surface area contributed by atoms with Crippen molar-refractivity contribution in [3.63, 3.8) is 0 Å². The highest BCUT2D eigenvalue weighted by Crippen LogP contribution is 2.36. The van der Waals surface area contributed by atoms with E-state index < -0.39 is 5.82 Å². The first-order chi connectivity index (χ1) is 15.2. The van der Waals surface area contributed by atoms with E-state index in [1.165, 1.54) is 6.26 Å². The number of anilines is 4. The molecule has 2 aromatic carbocycles. The van der Waals surface area contributed by atoms with Gasteiger partial charge in [-0.25, -0.2) is 14.4 Å². The van der Waals surface area contributed by atoms with E-state index in [1.54, 1.807) is 30.3 Å². The summed E-state index contributed by atoms with van der Waals surface area (Å²) in [5, 5.41) is 3.10. The van der Waals surface area contributed by atoms with Gasteiger partial charge in [-0.3, -0.25) is 0 Å². The summed E-state index contributed by atoms with van der Waals surface area (Å²) in [6.07, 6.45) is 4.23. The van der Waals surface area contributed by atoms with Crippen LogP contribution in [0.3, 0.4) is 0 Å². The van der Waals surface area contributed by atoms with E-state index in [9.17, 15) is 4.39 Å². The van der Waals surface area contributed by atoms with Gasteiger partial charge in [-0.1, -0.05) is 6.07 Å². The molecule has 0 amide bonds. The van der Waals surface area contributed by atoms with E-state index in [1.807, 2.05) is 30.3 Å². The quantitative estimate of drug-likeness (QED) is 0.504. The van der Waals surface area contributed by atoms with Gasteiger partial charge in [-0.2, -0.15) is 4.98 Å². The molecule has 0 unspecified atom stereocenters. The Bertz CT molecular complexity index is 1220. The number of halogens is 1.